The number of rotatable bonds is 10. The van der Waals surface area contributed by atoms with Gasteiger partial charge in [-0.2, -0.15) is 0 Å². The minimum atomic E-state index is -0.248. The van der Waals surface area contributed by atoms with E-state index in [2.05, 4.69) is 6.58 Å². The van der Waals surface area contributed by atoms with Gasteiger partial charge in [-0.05, 0) is 26.7 Å². The van der Waals surface area contributed by atoms with Crippen molar-refractivity contribution in [2.75, 3.05) is 13.2 Å². The van der Waals surface area contributed by atoms with Crippen molar-refractivity contribution in [2.45, 2.75) is 45.8 Å². The third kappa shape index (κ3) is 9.52. The van der Waals surface area contributed by atoms with Gasteiger partial charge >= 0.3 is 5.97 Å². The van der Waals surface area contributed by atoms with Gasteiger partial charge in [-0.3, -0.25) is 4.79 Å². The minimum Gasteiger partial charge on any atom is -0.473 e. The molecule has 0 aromatic rings. The van der Waals surface area contributed by atoms with Crippen molar-refractivity contribution in [2.24, 2.45) is 0 Å². The second-order valence-corrected chi connectivity index (χ2v) is 3.36. The highest BCUT2D eigenvalue weighted by molar-refractivity contribution is 5.69. The number of esters is 1. The van der Waals surface area contributed by atoms with Crippen LogP contribution in [-0.4, -0.2) is 25.5 Å². The monoisotopic (exact) mass is 230 g/mol. The summed E-state index contributed by atoms with van der Waals surface area (Å²) in [5.41, 5.74) is 0. The van der Waals surface area contributed by atoms with Crippen LogP contribution in [0.2, 0.25) is 0 Å². The molecule has 0 heterocycles. The minimum absolute atomic E-state index is 0.119. The SMILES string of the molecule is C=COC(C)OCCCCCC(=O)OCC. The van der Waals surface area contributed by atoms with Gasteiger partial charge in [0.1, 0.15) is 0 Å². The second-order valence-electron chi connectivity index (χ2n) is 3.36. The molecule has 0 spiro atoms. The second kappa shape index (κ2) is 10.5. The summed E-state index contributed by atoms with van der Waals surface area (Å²) in [6.07, 6.45) is 4.34. The molecule has 0 bridgehead atoms. The van der Waals surface area contributed by atoms with Crippen LogP contribution in [0.25, 0.3) is 0 Å². The fourth-order valence-corrected chi connectivity index (χ4v) is 1.21. The van der Waals surface area contributed by atoms with Gasteiger partial charge < -0.3 is 14.2 Å². The molecule has 4 nitrogen and oxygen atoms in total. The van der Waals surface area contributed by atoms with Crippen LogP contribution >= 0.6 is 0 Å². The predicted octanol–water partition coefficient (Wildman–Crippen LogP) is 2.63. The molecule has 0 N–H and O–H groups in total. The molecule has 0 saturated heterocycles. The van der Waals surface area contributed by atoms with Gasteiger partial charge in [0.2, 0.25) is 0 Å². The van der Waals surface area contributed by atoms with Gasteiger partial charge in [0.05, 0.1) is 19.5 Å². The smallest absolute Gasteiger partial charge is 0.305 e. The van der Waals surface area contributed by atoms with Crippen LogP contribution in [0.15, 0.2) is 12.8 Å². The molecule has 0 amide bonds. The lowest BCUT2D eigenvalue weighted by molar-refractivity contribution is -0.143. The van der Waals surface area contributed by atoms with E-state index in [0.717, 1.165) is 19.3 Å². The van der Waals surface area contributed by atoms with E-state index in [1.54, 1.807) is 0 Å². The molecule has 4 heteroatoms. The van der Waals surface area contributed by atoms with Crippen molar-refractivity contribution in [3.63, 3.8) is 0 Å². The van der Waals surface area contributed by atoms with Crippen molar-refractivity contribution >= 4 is 5.97 Å². The van der Waals surface area contributed by atoms with E-state index in [1.165, 1.54) is 6.26 Å². The lowest BCUT2D eigenvalue weighted by Gasteiger charge is -2.11. The summed E-state index contributed by atoms with van der Waals surface area (Å²) in [5, 5.41) is 0. The van der Waals surface area contributed by atoms with E-state index in [0.29, 0.717) is 19.6 Å². The highest BCUT2D eigenvalue weighted by atomic mass is 16.7. The van der Waals surface area contributed by atoms with Crippen LogP contribution in [0.3, 0.4) is 0 Å². The molecule has 0 saturated carbocycles. The molecule has 0 aliphatic carbocycles. The quantitative estimate of drug-likeness (QED) is 0.250. The van der Waals surface area contributed by atoms with Crippen LogP contribution in [0.4, 0.5) is 0 Å². The molecule has 0 rings (SSSR count). The summed E-state index contributed by atoms with van der Waals surface area (Å²) in [7, 11) is 0. The number of unbranched alkanes of at least 4 members (excludes halogenated alkanes) is 2. The fraction of sp³-hybridized carbons (Fsp3) is 0.750. The van der Waals surface area contributed by atoms with Crippen molar-refractivity contribution in [1.82, 2.24) is 0 Å². The van der Waals surface area contributed by atoms with Crippen molar-refractivity contribution < 1.29 is 19.0 Å². The lowest BCUT2D eigenvalue weighted by atomic mass is 10.2. The van der Waals surface area contributed by atoms with Gasteiger partial charge in [-0.1, -0.05) is 13.0 Å². The zero-order chi connectivity index (χ0) is 12.2. The molecule has 0 aromatic carbocycles. The molecule has 0 fully saturated rings. The van der Waals surface area contributed by atoms with Crippen molar-refractivity contribution in [3.8, 4) is 0 Å². The first-order chi connectivity index (χ1) is 7.70. The summed E-state index contributed by atoms with van der Waals surface area (Å²) in [5.74, 6) is -0.119. The van der Waals surface area contributed by atoms with Gasteiger partial charge in [-0.15, -0.1) is 0 Å². The third-order valence-electron chi connectivity index (χ3n) is 1.97. The maximum absolute atomic E-state index is 11.0. The van der Waals surface area contributed by atoms with E-state index in [9.17, 15) is 4.79 Å². The molecular formula is C12H22O4. The molecule has 94 valence electrons. The zero-order valence-electron chi connectivity index (χ0n) is 10.2. The Balaban J connectivity index is 3.21. The Morgan fingerprint density at radius 1 is 1.38 bits per heavy atom. The van der Waals surface area contributed by atoms with E-state index < -0.39 is 0 Å². The summed E-state index contributed by atoms with van der Waals surface area (Å²) >= 11 is 0. The van der Waals surface area contributed by atoms with E-state index in [1.807, 2.05) is 13.8 Å². The number of hydrogen-bond acceptors (Lipinski definition) is 4. The van der Waals surface area contributed by atoms with Gasteiger partial charge in [-0.25, -0.2) is 0 Å². The highest BCUT2D eigenvalue weighted by Crippen LogP contribution is 2.03. The Morgan fingerprint density at radius 3 is 2.75 bits per heavy atom. The van der Waals surface area contributed by atoms with Gasteiger partial charge in [0, 0.05) is 6.42 Å². The maximum atomic E-state index is 11.0. The van der Waals surface area contributed by atoms with Crippen LogP contribution in [0.5, 0.6) is 0 Å². The molecule has 0 aliphatic heterocycles. The number of carbonyl (C=O) groups excluding carboxylic acids is 1. The van der Waals surface area contributed by atoms with Gasteiger partial charge in [0.15, 0.2) is 6.29 Å². The normalized spacial score (nSPS) is 11.9. The van der Waals surface area contributed by atoms with Crippen LogP contribution < -0.4 is 0 Å². The molecule has 0 radical (unpaired) electrons. The molecule has 0 aliphatic rings. The Morgan fingerprint density at radius 2 is 2.12 bits per heavy atom. The predicted molar refractivity (Wildman–Crippen MR) is 61.8 cm³/mol. The summed E-state index contributed by atoms with van der Waals surface area (Å²) in [6.45, 7) is 8.17. The molecule has 0 aromatic heterocycles. The molecular weight excluding hydrogens is 208 g/mol. The Labute approximate surface area is 97.6 Å². The maximum Gasteiger partial charge on any atom is 0.305 e. The van der Waals surface area contributed by atoms with E-state index in [-0.39, 0.29) is 12.3 Å². The Hall–Kier alpha value is -1.03. The standard InChI is InChI=1S/C12H22O4/c1-4-14-11(3)16-10-8-6-7-9-12(13)15-5-2/h4,11H,1,5-10H2,2-3H3. The lowest BCUT2D eigenvalue weighted by Crippen LogP contribution is -2.10. The molecule has 16 heavy (non-hydrogen) atoms. The summed E-state index contributed by atoms with van der Waals surface area (Å²) in [4.78, 5) is 11.0. The largest absolute Gasteiger partial charge is 0.473 e. The molecule has 1 atom stereocenters. The summed E-state index contributed by atoms with van der Waals surface area (Å²) < 4.78 is 15.1. The number of hydrogen-bond donors (Lipinski definition) is 0. The van der Waals surface area contributed by atoms with Crippen molar-refractivity contribution in [1.29, 1.82) is 0 Å². The van der Waals surface area contributed by atoms with Crippen LogP contribution in [-0.2, 0) is 19.0 Å². The molecule has 1 unspecified atom stereocenters. The fourth-order valence-electron chi connectivity index (χ4n) is 1.21. The average molecular weight is 230 g/mol. The Kier molecular flexibility index (Phi) is 9.81. The van der Waals surface area contributed by atoms with E-state index >= 15 is 0 Å². The summed E-state index contributed by atoms with van der Waals surface area (Å²) in [6, 6.07) is 0. The first kappa shape index (κ1) is 15.0. The number of ether oxygens (including phenoxy) is 3. The van der Waals surface area contributed by atoms with Gasteiger partial charge in [0.25, 0.3) is 0 Å². The highest BCUT2D eigenvalue weighted by Gasteiger charge is 2.02. The van der Waals surface area contributed by atoms with Crippen LogP contribution in [0.1, 0.15) is 39.5 Å². The van der Waals surface area contributed by atoms with E-state index in [4.69, 9.17) is 14.2 Å². The van der Waals surface area contributed by atoms with Crippen molar-refractivity contribution in [3.05, 3.63) is 12.8 Å². The Bertz CT molecular complexity index is 191. The first-order valence-electron chi connectivity index (χ1n) is 5.74. The third-order valence-corrected chi connectivity index (χ3v) is 1.97. The van der Waals surface area contributed by atoms with Crippen LogP contribution in [0, 0.1) is 0 Å². The first-order valence-corrected chi connectivity index (χ1v) is 5.74. The topological polar surface area (TPSA) is 44.8 Å². The number of carbonyl (C=O) groups is 1. The zero-order valence-corrected chi connectivity index (χ0v) is 10.2. The average Bonchev–Trinajstić information content (AvgIpc) is 2.24.